The number of hydrogen-bond donors (Lipinski definition) is 1. The molecule has 2 fully saturated rings. The molecule has 1 aliphatic carbocycles. The molecule has 1 N–H and O–H groups in total. The number of piperidine rings is 1. The van der Waals surface area contributed by atoms with Crippen molar-refractivity contribution >= 4 is 22.6 Å². The number of nitrogens with one attached hydrogen (secondary N) is 1. The second-order valence-electron chi connectivity index (χ2n) is 9.66. The lowest BCUT2D eigenvalue weighted by Gasteiger charge is -2.37. The van der Waals surface area contributed by atoms with Gasteiger partial charge in [0.25, 0.3) is 11.5 Å². The summed E-state index contributed by atoms with van der Waals surface area (Å²) in [5, 5.41) is 0.682. The molecule has 178 valence electrons. The molecule has 0 atom stereocenters. The van der Waals surface area contributed by atoms with Gasteiger partial charge in [0.2, 0.25) is 0 Å². The zero-order valence-corrected chi connectivity index (χ0v) is 20.2. The molecule has 1 amide bonds. The molecule has 0 radical (unpaired) electrons. The first-order valence-electron chi connectivity index (χ1n) is 12.1. The zero-order valence-electron chi connectivity index (χ0n) is 20.2. The van der Waals surface area contributed by atoms with Crippen molar-refractivity contribution in [1.82, 2.24) is 24.4 Å². The Morgan fingerprint density at radius 1 is 1.21 bits per heavy atom. The van der Waals surface area contributed by atoms with Crippen molar-refractivity contribution in [3.8, 4) is 0 Å². The minimum atomic E-state index is -0.138. The molecule has 3 aromatic heterocycles. The van der Waals surface area contributed by atoms with E-state index in [1.165, 1.54) is 12.8 Å². The molecule has 1 saturated heterocycles. The lowest BCUT2D eigenvalue weighted by Crippen LogP contribution is -2.46. The topological polar surface area (TPSA) is 87.1 Å². The van der Waals surface area contributed by atoms with E-state index in [1.807, 2.05) is 31.9 Å². The van der Waals surface area contributed by atoms with Gasteiger partial charge in [-0.1, -0.05) is 6.08 Å². The Hall–Kier alpha value is -3.42. The summed E-state index contributed by atoms with van der Waals surface area (Å²) in [6.45, 7) is 9.72. The SMILES string of the molecule is C=CCn1cc(C(=O)N(C)C2CCN(c3cc(C)nc(C4CC4)n3)CC2)c2cc(C)[nH]c2c1=O. The highest BCUT2D eigenvalue weighted by Crippen LogP contribution is 2.38. The maximum absolute atomic E-state index is 13.6. The van der Waals surface area contributed by atoms with Gasteiger partial charge in [0.05, 0.1) is 5.56 Å². The summed E-state index contributed by atoms with van der Waals surface area (Å²) < 4.78 is 1.55. The van der Waals surface area contributed by atoms with Gasteiger partial charge in [0, 0.05) is 67.7 Å². The van der Waals surface area contributed by atoms with Crippen LogP contribution in [0.5, 0.6) is 0 Å². The third kappa shape index (κ3) is 4.13. The van der Waals surface area contributed by atoms with Gasteiger partial charge in [-0.2, -0.15) is 0 Å². The van der Waals surface area contributed by atoms with Crippen LogP contribution in [-0.4, -0.2) is 56.5 Å². The molecule has 5 rings (SSSR count). The predicted molar refractivity (Wildman–Crippen MR) is 134 cm³/mol. The molecule has 34 heavy (non-hydrogen) atoms. The second-order valence-corrected chi connectivity index (χ2v) is 9.66. The number of amides is 1. The van der Waals surface area contributed by atoms with Gasteiger partial charge in [0.15, 0.2) is 0 Å². The summed E-state index contributed by atoms with van der Waals surface area (Å²) in [5.41, 5.74) is 2.76. The Bertz CT molecular complexity index is 1310. The standard InChI is InChI=1S/C26H32N6O2/c1-5-10-32-15-21(20-13-16(2)27-23(20)26(32)34)25(33)30(4)19-8-11-31(12-9-19)22-14-17(3)28-24(29-22)18-6-7-18/h5,13-15,18-19,27H,1,6-12H2,2-4H3. The first kappa shape index (κ1) is 22.4. The van der Waals surface area contributed by atoms with Gasteiger partial charge in [-0.3, -0.25) is 9.59 Å². The molecular formula is C26H32N6O2. The van der Waals surface area contributed by atoms with Crippen LogP contribution in [-0.2, 0) is 6.54 Å². The van der Waals surface area contributed by atoms with E-state index in [9.17, 15) is 9.59 Å². The van der Waals surface area contributed by atoms with Gasteiger partial charge in [-0.25, -0.2) is 9.97 Å². The number of hydrogen-bond acceptors (Lipinski definition) is 5. The molecule has 8 heteroatoms. The van der Waals surface area contributed by atoms with Gasteiger partial charge >= 0.3 is 0 Å². The fraction of sp³-hybridized carbons (Fsp3) is 0.462. The highest BCUT2D eigenvalue weighted by atomic mass is 16.2. The molecule has 1 saturated carbocycles. The number of carbonyl (C=O) groups is 1. The van der Waals surface area contributed by atoms with E-state index in [-0.39, 0.29) is 17.5 Å². The summed E-state index contributed by atoms with van der Waals surface area (Å²) in [5.74, 6) is 2.44. The zero-order chi connectivity index (χ0) is 24.0. The van der Waals surface area contributed by atoms with Gasteiger partial charge in [-0.05, 0) is 45.6 Å². The number of allylic oxidation sites excluding steroid dienone is 1. The van der Waals surface area contributed by atoms with E-state index < -0.39 is 0 Å². The van der Waals surface area contributed by atoms with Gasteiger partial charge in [-0.15, -0.1) is 6.58 Å². The maximum Gasteiger partial charge on any atom is 0.275 e. The fourth-order valence-electron chi connectivity index (χ4n) is 4.94. The van der Waals surface area contributed by atoms with Crippen LogP contribution in [0.4, 0.5) is 5.82 Å². The van der Waals surface area contributed by atoms with E-state index in [2.05, 4.69) is 27.5 Å². The quantitative estimate of drug-likeness (QED) is 0.569. The van der Waals surface area contributed by atoms with Crippen molar-refractivity contribution in [2.75, 3.05) is 25.0 Å². The Balaban J connectivity index is 1.34. The molecule has 0 spiro atoms. The van der Waals surface area contributed by atoms with Crippen LogP contribution in [0.1, 0.15) is 59.2 Å². The average molecular weight is 461 g/mol. The molecule has 4 heterocycles. The number of anilines is 1. The van der Waals surface area contributed by atoms with Crippen molar-refractivity contribution in [2.45, 2.75) is 58.0 Å². The van der Waals surface area contributed by atoms with Crippen molar-refractivity contribution in [2.24, 2.45) is 0 Å². The third-order valence-corrected chi connectivity index (χ3v) is 7.02. The van der Waals surface area contributed by atoms with Crippen molar-refractivity contribution in [1.29, 1.82) is 0 Å². The lowest BCUT2D eigenvalue weighted by molar-refractivity contribution is 0.0710. The van der Waals surface area contributed by atoms with Gasteiger partial charge in [0.1, 0.15) is 17.2 Å². The van der Waals surface area contributed by atoms with E-state index in [4.69, 9.17) is 4.98 Å². The van der Waals surface area contributed by atoms with Crippen molar-refractivity contribution in [3.05, 3.63) is 64.1 Å². The lowest BCUT2D eigenvalue weighted by atomic mass is 10.0. The molecule has 2 aliphatic rings. The number of carbonyl (C=O) groups excluding carboxylic acids is 1. The monoisotopic (exact) mass is 460 g/mol. The summed E-state index contributed by atoms with van der Waals surface area (Å²) in [7, 11) is 1.87. The first-order valence-corrected chi connectivity index (χ1v) is 12.1. The van der Waals surface area contributed by atoms with E-state index >= 15 is 0 Å². The highest BCUT2D eigenvalue weighted by Gasteiger charge is 2.30. The number of fused-ring (bicyclic) bond motifs is 1. The van der Waals surface area contributed by atoms with Gasteiger partial charge < -0.3 is 19.4 Å². The van der Waals surface area contributed by atoms with E-state index in [1.54, 1.807) is 16.8 Å². The predicted octanol–water partition coefficient (Wildman–Crippen LogP) is 3.54. The number of H-pyrrole nitrogens is 1. The van der Waals surface area contributed by atoms with Crippen LogP contribution >= 0.6 is 0 Å². The molecule has 8 nitrogen and oxygen atoms in total. The van der Waals surface area contributed by atoms with Crippen LogP contribution < -0.4 is 10.5 Å². The number of rotatable bonds is 6. The van der Waals surface area contributed by atoms with Crippen LogP contribution in [0.25, 0.3) is 10.9 Å². The number of nitrogens with zero attached hydrogens (tertiary/aromatic N) is 5. The largest absolute Gasteiger partial charge is 0.356 e. The molecule has 0 aromatic carbocycles. The molecular weight excluding hydrogens is 428 g/mol. The number of aromatic amines is 1. The van der Waals surface area contributed by atoms with Crippen molar-refractivity contribution in [3.63, 3.8) is 0 Å². The van der Waals surface area contributed by atoms with Crippen LogP contribution in [0.15, 0.2) is 35.8 Å². The van der Waals surface area contributed by atoms with Crippen LogP contribution in [0.2, 0.25) is 0 Å². The average Bonchev–Trinajstić information content (AvgIpc) is 3.61. The summed E-state index contributed by atoms with van der Waals surface area (Å²) in [6, 6.07) is 4.08. The Kier molecular flexibility index (Phi) is 5.75. The number of aromatic nitrogens is 4. The summed E-state index contributed by atoms with van der Waals surface area (Å²) in [6.07, 6.45) is 7.45. The minimum Gasteiger partial charge on any atom is -0.356 e. The Labute approximate surface area is 199 Å². The smallest absolute Gasteiger partial charge is 0.275 e. The molecule has 3 aromatic rings. The second kappa shape index (κ2) is 8.74. The summed E-state index contributed by atoms with van der Waals surface area (Å²) in [4.78, 5) is 43.1. The van der Waals surface area contributed by atoms with Crippen molar-refractivity contribution < 1.29 is 4.79 Å². The minimum absolute atomic E-state index is 0.0610. The van der Waals surface area contributed by atoms with Crippen LogP contribution in [0.3, 0.4) is 0 Å². The van der Waals surface area contributed by atoms with E-state index in [0.29, 0.717) is 28.9 Å². The van der Waals surface area contributed by atoms with E-state index in [0.717, 1.165) is 49.0 Å². The highest BCUT2D eigenvalue weighted by molar-refractivity contribution is 6.06. The molecule has 0 bridgehead atoms. The fourth-order valence-corrected chi connectivity index (χ4v) is 4.94. The Morgan fingerprint density at radius 2 is 1.94 bits per heavy atom. The normalized spacial score (nSPS) is 16.7. The maximum atomic E-state index is 13.6. The Morgan fingerprint density at radius 3 is 2.62 bits per heavy atom. The summed E-state index contributed by atoms with van der Waals surface area (Å²) >= 11 is 0. The third-order valence-electron chi connectivity index (χ3n) is 7.02. The molecule has 1 aliphatic heterocycles. The molecule has 0 unspecified atom stereocenters. The number of aryl methyl sites for hydroxylation is 2. The van der Waals surface area contributed by atoms with Crippen LogP contribution in [0, 0.1) is 13.8 Å². The first-order chi connectivity index (χ1) is 16.4. The number of pyridine rings is 1.